The van der Waals surface area contributed by atoms with Crippen LogP contribution in [0.1, 0.15) is 60.3 Å². The molecule has 94 valence electrons. The zero-order valence-corrected chi connectivity index (χ0v) is 11.6. The molecule has 0 bridgehead atoms. The highest BCUT2D eigenvalue weighted by Crippen LogP contribution is 2.42. The van der Waals surface area contributed by atoms with E-state index in [-0.39, 0.29) is 5.41 Å². The van der Waals surface area contributed by atoms with Crippen LogP contribution in [0.5, 0.6) is 0 Å². The fraction of sp³-hybridized carbons (Fsp3) is 0.929. The number of hydrogen-bond acceptors (Lipinski definition) is 1. The molecule has 0 saturated carbocycles. The topological polar surface area (TPSA) is 20.3 Å². The minimum atomic E-state index is 0.148. The van der Waals surface area contributed by atoms with Gasteiger partial charge in [0.25, 0.3) is 0 Å². The smallest absolute Gasteiger partial charge is 0.223 e. The monoisotopic (exact) mass is 225 g/mol. The van der Waals surface area contributed by atoms with Gasteiger partial charge in [-0.2, -0.15) is 0 Å². The van der Waals surface area contributed by atoms with E-state index in [2.05, 4.69) is 34.6 Å². The van der Waals surface area contributed by atoms with Gasteiger partial charge >= 0.3 is 0 Å². The molecule has 0 aliphatic carbocycles. The third kappa shape index (κ3) is 3.23. The lowest BCUT2D eigenvalue weighted by molar-refractivity contribution is -0.135. The molecule has 0 N–H and O–H groups in total. The highest BCUT2D eigenvalue weighted by molar-refractivity contribution is 5.76. The van der Waals surface area contributed by atoms with Crippen LogP contribution in [0.15, 0.2) is 0 Å². The van der Waals surface area contributed by atoms with Gasteiger partial charge in [0, 0.05) is 19.5 Å². The maximum Gasteiger partial charge on any atom is 0.223 e. The SMILES string of the molecule is CCN1CCC(C)(CC)CC(C)(C)CC1=O. The van der Waals surface area contributed by atoms with E-state index in [4.69, 9.17) is 0 Å². The predicted molar refractivity (Wildman–Crippen MR) is 68.3 cm³/mol. The largest absolute Gasteiger partial charge is 0.343 e. The molecule has 2 heteroatoms. The molecule has 0 aromatic heterocycles. The predicted octanol–water partition coefficient (Wildman–Crippen LogP) is 3.46. The Labute approximate surface area is 100 Å². The quantitative estimate of drug-likeness (QED) is 0.704. The summed E-state index contributed by atoms with van der Waals surface area (Å²) in [6.07, 6.45) is 4.23. The van der Waals surface area contributed by atoms with E-state index in [0.29, 0.717) is 17.7 Å². The van der Waals surface area contributed by atoms with Crippen LogP contribution in [-0.4, -0.2) is 23.9 Å². The fourth-order valence-electron chi connectivity index (χ4n) is 2.99. The molecule has 1 amide bonds. The van der Waals surface area contributed by atoms with Crippen molar-refractivity contribution in [2.45, 2.75) is 60.3 Å². The molecule has 1 fully saturated rings. The number of nitrogens with zero attached hydrogens (tertiary/aromatic N) is 1. The summed E-state index contributed by atoms with van der Waals surface area (Å²) in [4.78, 5) is 14.1. The molecule has 2 nitrogen and oxygen atoms in total. The van der Waals surface area contributed by atoms with Gasteiger partial charge in [-0.1, -0.05) is 34.1 Å². The summed E-state index contributed by atoms with van der Waals surface area (Å²) in [5.41, 5.74) is 0.549. The molecule has 1 aliphatic rings. The van der Waals surface area contributed by atoms with Crippen molar-refractivity contribution in [2.75, 3.05) is 13.1 Å². The fourth-order valence-corrected chi connectivity index (χ4v) is 2.99. The van der Waals surface area contributed by atoms with Gasteiger partial charge < -0.3 is 4.90 Å². The molecular weight excluding hydrogens is 198 g/mol. The van der Waals surface area contributed by atoms with E-state index in [9.17, 15) is 4.79 Å². The molecule has 0 aromatic carbocycles. The van der Waals surface area contributed by atoms with Crippen LogP contribution in [0.2, 0.25) is 0 Å². The normalized spacial score (nSPS) is 31.1. The second-order valence-corrected chi connectivity index (χ2v) is 6.41. The van der Waals surface area contributed by atoms with Crippen LogP contribution in [0, 0.1) is 10.8 Å². The molecule has 0 radical (unpaired) electrons. The van der Waals surface area contributed by atoms with Gasteiger partial charge in [-0.3, -0.25) is 4.79 Å². The van der Waals surface area contributed by atoms with E-state index in [1.165, 1.54) is 12.8 Å². The summed E-state index contributed by atoms with van der Waals surface area (Å²) in [7, 11) is 0. The van der Waals surface area contributed by atoms with Gasteiger partial charge in [0.05, 0.1) is 0 Å². The summed E-state index contributed by atoms with van der Waals surface area (Å²) in [6, 6.07) is 0. The van der Waals surface area contributed by atoms with Crippen LogP contribution >= 0.6 is 0 Å². The van der Waals surface area contributed by atoms with Gasteiger partial charge in [0.15, 0.2) is 0 Å². The molecule has 1 unspecified atom stereocenters. The van der Waals surface area contributed by atoms with E-state index in [1.807, 2.05) is 4.90 Å². The Morgan fingerprint density at radius 1 is 1.25 bits per heavy atom. The first kappa shape index (κ1) is 13.5. The third-order valence-corrected chi connectivity index (χ3v) is 4.11. The van der Waals surface area contributed by atoms with Crippen molar-refractivity contribution in [3.63, 3.8) is 0 Å². The Balaban J connectivity index is 2.85. The Morgan fingerprint density at radius 2 is 1.88 bits per heavy atom. The first-order chi connectivity index (χ1) is 7.32. The van der Waals surface area contributed by atoms with Crippen LogP contribution in [0.3, 0.4) is 0 Å². The van der Waals surface area contributed by atoms with Crippen molar-refractivity contribution < 1.29 is 4.79 Å². The molecule has 16 heavy (non-hydrogen) atoms. The van der Waals surface area contributed by atoms with Crippen molar-refractivity contribution in [1.82, 2.24) is 4.90 Å². The van der Waals surface area contributed by atoms with Crippen molar-refractivity contribution in [3.05, 3.63) is 0 Å². The molecule has 1 atom stereocenters. The second-order valence-electron chi connectivity index (χ2n) is 6.41. The Hall–Kier alpha value is -0.530. The van der Waals surface area contributed by atoms with Gasteiger partial charge in [0.1, 0.15) is 0 Å². The summed E-state index contributed by atoms with van der Waals surface area (Å²) in [6.45, 7) is 13.0. The van der Waals surface area contributed by atoms with Crippen molar-refractivity contribution in [3.8, 4) is 0 Å². The highest BCUT2D eigenvalue weighted by atomic mass is 16.2. The third-order valence-electron chi connectivity index (χ3n) is 4.11. The van der Waals surface area contributed by atoms with Gasteiger partial charge in [0.2, 0.25) is 5.91 Å². The maximum absolute atomic E-state index is 12.0. The van der Waals surface area contributed by atoms with Crippen molar-refractivity contribution in [1.29, 1.82) is 0 Å². The molecular formula is C14H27NO. The van der Waals surface area contributed by atoms with Gasteiger partial charge in [-0.25, -0.2) is 0 Å². The molecule has 1 heterocycles. The van der Waals surface area contributed by atoms with E-state index < -0.39 is 0 Å². The Morgan fingerprint density at radius 3 is 2.38 bits per heavy atom. The van der Waals surface area contributed by atoms with Crippen LogP contribution in [-0.2, 0) is 4.79 Å². The molecule has 0 aromatic rings. The molecule has 0 spiro atoms. The number of carbonyl (C=O) groups excluding carboxylic acids is 1. The number of hydrogen-bond donors (Lipinski definition) is 0. The highest BCUT2D eigenvalue weighted by Gasteiger charge is 2.36. The summed E-state index contributed by atoms with van der Waals surface area (Å²) >= 11 is 0. The average Bonchev–Trinajstić information content (AvgIpc) is 2.15. The lowest BCUT2D eigenvalue weighted by Crippen LogP contribution is -2.41. The zero-order valence-electron chi connectivity index (χ0n) is 11.6. The Bertz CT molecular complexity index is 259. The number of likely N-dealkylation sites (tertiary alicyclic amines) is 1. The van der Waals surface area contributed by atoms with Gasteiger partial charge in [-0.15, -0.1) is 0 Å². The minimum Gasteiger partial charge on any atom is -0.343 e. The lowest BCUT2D eigenvalue weighted by atomic mass is 9.68. The van der Waals surface area contributed by atoms with Crippen LogP contribution < -0.4 is 0 Å². The summed E-state index contributed by atoms with van der Waals surface area (Å²) in [5.74, 6) is 0.339. The lowest BCUT2D eigenvalue weighted by Gasteiger charge is -2.41. The molecule has 1 rings (SSSR count). The number of amides is 1. The number of carbonyl (C=O) groups is 1. The van der Waals surface area contributed by atoms with Crippen LogP contribution in [0.25, 0.3) is 0 Å². The summed E-state index contributed by atoms with van der Waals surface area (Å²) in [5, 5.41) is 0. The molecule has 1 aliphatic heterocycles. The minimum absolute atomic E-state index is 0.148. The number of rotatable bonds is 2. The van der Waals surface area contributed by atoms with Gasteiger partial charge in [-0.05, 0) is 30.6 Å². The van der Waals surface area contributed by atoms with Crippen LogP contribution in [0.4, 0.5) is 0 Å². The standard InChI is InChI=1S/C14H27NO/c1-6-14(5)8-9-15(7-2)12(16)10-13(3,4)11-14/h6-11H2,1-5H3. The maximum atomic E-state index is 12.0. The first-order valence-corrected chi connectivity index (χ1v) is 6.60. The van der Waals surface area contributed by atoms with Crippen molar-refractivity contribution in [2.24, 2.45) is 10.8 Å². The zero-order chi connectivity index (χ0) is 12.4. The van der Waals surface area contributed by atoms with E-state index in [1.54, 1.807) is 0 Å². The summed E-state index contributed by atoms with van der Waals surface area (Å²) < 4.78 is 0. The van der Waals surface area contributed by atoms with E-state index >= 15 is 0 Å². The van der Waals surface area contributed by atoms with E-state index in [0.717, 1.165) is 19.5 Å². The Kier molecular flexibility index (Phi) is 4.03. The molecule has 1 saturated heterocycles. The first-order valence-electron chi connectivity index (χ1n) is 6.60. The second kappa shape index (κ2) is 4.77. The average molecular weight is 225 g/mol. The van der Waals surface area contributed by atoms with Crippen molar-refractivity contribution >= 4 is 5.91 Å².